The number of likely N-dealkylation sites (N-methyl/N-ethyl adjacent to an activating group) is 1. The Kier molecular flexibility index (Phi) is 5.01. The summed E-state index contributed by atoms with van der Waals surface area (Å²) in [6.45, 7) is 4.50. The molecule has 1 aromatic heterocycles. The minimum atomic E-state index is 0.607. The van der Waals surface area contributed by atoms with E-state index in [1.165, 1.54) is 31.2 Å². The molecule has 1 aliphatic rings. The van der Waals surface area contributed by atoms with Crippen LogP contribution in [0.5, 0.6) is 0 Å². The molecule has 0 aliphatic heterocycles. The Hall–Kier alpha value is -0.380. The van der Waals surface area contributed by atoms with Gasteiger partial charge in [0.1, 0.15) is 0 Å². The summed E-state index contributed by atoms with van der Waals surface area (Å²) in [5, 5.41) is 8.10. The molecule has 1 heterocycles. The summed E-state index contributed by atoms with van der Waals surface area (Å²) in [7, 11) is 2.22. The first-order valence-corrected chi connectivity index (χ1v) is 7.64. The fourth-order valence-corrected chi connectivity index (χ4v) is 3.11. The molecule has 3 heteroatoms. The van der Waals surface area contributed by atoms with Gasteiger partial charge >= 0.3 is 0 Å². The van der Waals surface area contributed by atoms with Crippen LogP contribution in [0.2, 0.25) is 0 Å². The molecule has 1 aromatic rings. The summed E-state index contributed by atoms with van der Waals surface area (Å²) in [4.78, 5) is 2.43. The molecule has 1 aliphatic carbocycles. The fourth-order valence-electron chi connectivity index (χ4n) is 2.45. The van der Waals surface area contributed by atoms with Gasteiger partial charge in [0.05, 0.1) is 0 Å². The maximum absolute atomic E-state index is 3.70. The largest absolute Gasteiger partial charge is 0.312 e. The van der Waals surface area contributed by atoms with E-state index in [1.807, 2.05) is 0 Å². The van der Waals surface area contributed by atoms with Gasteiger partial charge < -0.3 is 5.32 Å². The first-order chi connectivity index (χ1) is 8.25. The second-order valence-electron chi connectivity index (χ2n) is 5.29. The highest BCUT2D eigenvalue weighted by atomic mass is 32.1. The van der Waals surface area contributed by atoms with Crippen LogP contribution >= 0.6 is 11.3 Å². The van der Waals surface area contributed by atoms with Gasteiger partial charge in [-0.1, -0.05) is 12.8 Å². The predicted molar refractivity (Wildman–Crippen MR) is 75.5 cm³/mol. The standard InChI is InChI=1S/C14H24N2S/c1-12(9-15-14-5-3-4-6-14)16(2)10-13-7-8-17-11-13/h7-8,11-12,14-15H,3-6,9-10H2,1-2H3. The molecular formula is C14H24N2S. The van der Waals surface area contributed by atoms with Crippen molar-refractivity contribution in [2.45, 2.75) is 51.2 Å². The Bertz CT molecular complexity index is 304. The van der Waals surface area contributed by atoms with Gasteiger partial charge in [0.25, 0.3) is 0 Å². The Morgan fingerprint density at radius 3 is 2.88 bits per heavy atom. The van der Waals surface area contributed by atoms with Gasteiger partial charge in [-0.3, -0.25) is 4.90 Å². The third kappa shape index (κ3) is 4.09. The molecule has 0 spiro atoms. The Morgan fingerprint density at radius 2 is 2.24 bits per heavy atom. The average molecular weight is 252 g/mol. The maximum Gasteiger partial charge on any atom is 0.0242 e. The molecule has 0 aromatic carbocycles. The molecule has 1 atom stereocenters. The SMILES string of the molecule is CC(CNC1CCCC1)N(C)Cc1ccsc1. The van der Waals surface area contributed by atoms with E-state index in [-0.39, 0.29) is 0 Å². The summed E-state index contributed by atoms with van der Waals surface area (Å²) in [6.07, 6.45) is 5.58. The van der Waals surface area contributed by atoms with Crippen LogP contribution in [0.3, 0.4) is 0 Å². The van der Waals surface area contributed by atoms with Gasteiger partial charge in [-0.2, -0.15) is 11.3 Å². The van der Waals surface area contributed by atoms with E-state index >= 15 is 0 Å². The van der Waals surface area contributed by atoms with Crippen LogP contribution in [0, 0.1) is 0 Å². The van der Waals surface area contributed by atoms with Crippen molar-refractivity contribution < 1.29 is 0 Å². The van der Waals surface area contributed by atoms with Crippen molar-refractivity contribution in [2.75, 3.05) is 13.6 Å². The van der Waals surface area contributed by atoms with Crippen molar-refractivity contribution >= 4 is 11.3 Å². The quantitative estimate of drug-likeness (QED) is 0.837. The van der Waals surface area contributed by atoms with Gasteiger partial charge in [0.15, 0.2) is 0 Å². The molecule has 0 bridgehead atoms. The van der Waals surface area contributed by atoms with Gasteiger partial charge in [-0.15, -0.1) is 0 Å². The summed E-state index contributed by atoms with van der Waals surface area (Å²) < 4.78 is 0. The third-order valence-corrected chi connectivity index (χ3v) is 4.55. The van der Waals surface area contributed by atoms with Crippen LogP contribution in [0.25, 0.3) is 0 Å². The second kappa shape index (κ2) is 6.53. The topological polar surface area (TPSA) is 15.3 Å². The van der Waals surface area contributed by atoms with E-state index in [0.717, 1.165) is 19.1 Å². The number of nitrogens with one attached hydrogen (secondary N) is 1. The number of hydrogen-bond donors (Lipinski definition) is 1. The minimum Gasteiger partial charge on any atom is -0.312 e. The first kappa shape index (κ1) is 13.1. The Labute approximate surface area is 109 Å². The van der Waals surface area contributed by atoms with E-state index in [4.69, 9.17) is 0 Å². The van der Waals surface area contributed by atoms with Crippen molar-refractivity contribution in [3.63, 3.8) is 0 Å². The van der Waals surface area contributed by atoms with Crippen LogP contribution in [0.15, 0.2) is 16.8 Å². The van der Waals surface area contributed by atoms with Crippen LogP contribution in [0.1, 0.15) is 38.2 Å². The molecular weight excluding hydrogens is 228 g/mol. The molecule has 96 valence electrons. The molecule has 0 radical (unpaired) electrons. The zero-order valence-corrected chi connectivity index (χ0v) is 11.8. The van der Waals surface area contributed by atoms with E-state index in [2.05, 4.69) is 41.0 Å². The molecule has 1 N–H and O–H groups in total. The molecule has 1 unspecified atom stereocenters. The van der Waals surface area contributed by atoms with E-state index in [9.17, 15) is 0 Å². The van der Waals surface area contributed by atoms with Crippen LogP contribution in [-0.2, 0) is 6.54 Å². The lowest BCUT2D eigenvalue weighted by atomic mass is 10.2. The molecule has 0 amide bonds. The Morgan fingerprint density at radius 1 is 1.47 bits per heavy atom. The molecule has 1 saturated carbocycles. The Balaban J connectivity index is 1.69. The number of thiophene rings is 1. The lowest BCUT2D eigenvalue weighted by molar-refractivity contribution is 0.237. The zero-order chi connectivity index (χ0) is 12.1. The van der Waals surface area contributed by atoms with Crippen molar-refractivity contribution in [1.29, 1.82) is 0 Å². The van der Waals surface area contributed by atoms with Crippen LogP contribution in [-0.4, -0.2) is 30.6 Å². The fraction of sp³-hybridized carbons (Fsp3) is 0.714. The van der Waals surface area contributed by atoms with Crippen molar-refractivity contribution in [3.8, 4) is 0 Å². The predicted octanol–water partition coefficient (Wildman–Crippen LogP) is 3.10. The van der Waals surface area contributed by atoms with Crippen molar-refractivity contribution in [3.05, 3.63) is 22.4 Å². The highest BCUT2D eigenvalue weighted by molar-refractivity contribution is 7.07. The summed E-state index contributed by atoms with van der Waals surface area (Å²) >= 11 is 1.78. The average Bonchev–Trinajstić information content (AvgIpc) is 2.98. The number of nitrogens with zero attached hydrogens (tertiary/aromatic N) is 1. The first-order valence-electron chi connectivity index (χ1n) is 6.70. The van der Waals surface area contributed by atoms with Gasteiger partial charge in [0.2, 0.25) is 0 Å². The molecule has 2 rings (SSSR count). The monoisotopic (exact) mass is 252 g/mol. The summed E-state index contributed by atoms with van der Waals surface area (Å²) in [5.41, 5.74) is 1.44. The molecule has 2 nitrogen and oxygen atoms in total. The minimum absolute atomic E-state index is 0.607. The van der Waals surface area contributed by atoms with E-state index in [1.54, 1.807) is 11.3 Å². The lowest BCUT2D eigenvalue weighted by Crippen LogP contribution is -2.40. The summed E-state index contributed by atoms with van der Waals surface area (Å²) in [5.74, 6) is 0. The molecule has 17 heavy (non-hydrogen) atoms. The number of hydrogen-bond acceptors (Lipinski definition) is 3. The molecule has 0 saturated heterocycles. The normalized spacial score (nSPS) is 19.0. The van der Waals surface area contributed by atoms with Crippen LogP contribution < -0.4 is 5.32 Å². The van der Waals surface area contributed by atoms with Gasteiger partial charge in [-0.05, 0) is 49.2 Å². The van der Waals surface area contributed by atoms with Gasteiger partial charge in [0, 0.05) is 25.2 Å². The second-order valence-corrected chi connectivity index (χ2v) is 6.07. The zero-order valence-electron chi connectivity index (χ0n) is 11.0. The summed E-state index contributed by atoms with van der Waals surface area (Å²) in [6, 6.07) is 3.61. The highest BCUT2D eigenvalue weighted by Gasteiger charge is 2.16. The van der Waals surface area contributed by atoms with Gasteiger partial charge in [-0.25, -0.2) is 0 Å². The third-order valence-electron chi connectivity index (χ3n) is 3.82. The lowest BCUT2D eigenvalue weighted by Gasteiger charge is -2.26. The van der Waals surface area contributed by atoms with Crippen molar-refractivity contribution in [2.24, 2.45) is 0 Å². The maximum atomic E-state index is 3.70. The molecule has 1 fully saturated rings. The smallest absolute Gasteiger partial charge is 0.0242 e. The van der Waals surface area contributed by atoms with Crippen LogP contribution in [0.4, 0.5) is 0 Å². The highest BCUT2D eigenvalue weighted by Crippen LogP contribution is 2.17. The van der Waals surface area contributed by atoms with E-state index in [0.29, 0.717) is 6.04 Å². The number of rotatable bonds is 6. The van der Waals surface area contributed by atoms with E-state index < -0.39 is 0 Å². The van der Waals surface area contributed by atoms with Crippen molar-refractivity contribution in [1.82, 2.24) is 10.2 Å².